The molecular formula is C16H11BrClN3O4S. The number of hydrogen-bond acceptors (Lipinski definition) is 4. The topological polar surface area (TPSA) is 101 Å². The third kappa shape index (κ3) is 3.74. The molecule has 134 valence electrons. The number of sulfonamides is 1. The van der Waals surface area contributed by atoms with E-state index in [1.54, 1.807) is 30.6 Å². The molecule has 1 heterocycles. The summed E-state index contributed by atoms with van der Waals surface area (Å²) in [6.07, 6.45) is 3.21. The fourth-order valence-electron chi connectivity index (χ4n) is 2.24. The Hall–Kier alpha value is -2.36. The summed E-state index contributed by atoms with van der Waals surface area (Å²) in [5.74, 6) is -1.24. The Morgan fingerprint density at radius 1 is 1.23 bits per heavy atom. The number of carboxylic acid groups (broad SMARTS) is 1. The van der Waals surface area contributed by atoms with Crippen LogP contribution in [-0.4, -0.2) is 29.3 Å². The van der Waals surface area contributed by atoms with Crippen molar-refractivity contribution in [3.05, 3.63) is 69.9 Å². The third-order valence-corrected chi connectivity index (χ3v) is 5.72. The maximum absolute atomic E-state index is 12.7. The number of nitrogens with zero attached hydrogens (tertiary/aromatic N) is 2. The number of hydrogen-bond donors (Lipinski definition) is 2. The zero-order valence-corrected chi connectivity index (χ0v) is 16.1. The number of rotatable bonds is 5. The van der Waals surface area contributed by atoms with Gasteiger partial charge in [0.25, 0.3) is 10.0 Å². The molecule has 0 spiro atoms. The fourth-order valence-corrected chi connectivity index (χ4v) is 3.92. The lowest BCUT2D eigenvalue weighted by atomic mass is 10.2. The van der Waals surface area contributed by atoms with E-state index in [2.05, 4.69) is 25.8 Å². The standard InChI is InChI=1S/C16H11BrClN3O4S/c17-13-4-3-11(9-12(13)16(22)23)26(24,25)20-14-8-10(18)2-5-15(14)21-7-1-6-19-21/h1-9,20H,(H,22,23). The normalized spacial score (nSPS) is 11.3. The molecule has 26 heavy (non-hydrogen) atoms. The second-order valence-electron chi connectivity index (χ2n) is 5.16. The average molecular weight is 457 g/mol. The highest BCUT2D eigenvalue weighted by atomic mass is 79.9. The summed E-state index contributed by atoms with van der Waals surface area (Å²) in [6, 6.07) is 10.1. The van der Waals surface area contributed by atoms with Gasteiger partial charge in [-0.1, -0.05) is 11.6 Å². The molecule has 0 radical (unpaired) electrons. The minimum Gasteiger partial charge on any atom is -0.478 e. The van der Waals surface area contributed by atoms with E-state index in [0.29, 0.717) is 10.7 Å². The van der Waals surface area contributed by atoms with E-state index in [1.807, 2.05) is 0 Å². The van der Waals surface area contributed by atoms with E-state index in [1.165, 1.54) is 22.9 Å². The van der Waals surface area contributed by atoms with Crippen LogP contribution in [0.5, 0.6) is 0 Å². The molecule has 0 saturated carbocycles. The summed E-state index contributed by atoms with van der Waals surface area (Å²) in [5, 5.41) is 13.6. The van der Waals surface area contributed by atoms with E-state index >= 15 is 0 Å². The van der Waals surface area contributed by atoms with Crippen LogP contribution in [0.15, 0.2) is 64.2 Å². The van der Waals surface area contributed by atoms with Crippen molar-refractivity contribution in [2.24, 2.45) is 0 Å². The van der Waals surface area contributed by atoms with E-state index in [9.17, 15) is 18.3 Å². The van der Waals surface area contributed by atoms with Gasteiger partial charge in [-0.3, -0.25) is 4.72 Å². The van der Waals surface area contributed by atoms with Gasteiger partial charge in [-0.25, -0.2) is 17.9 Å². The first-order chi connectivity index (χ1) is 12.3. The van der Waals surface area contributed by atoms with E-state index < -0.39 is 16.0 Å². The van der Waals surface area contributed by atoms with Gasteiger partial charge in [0.05, 0.1) is 21.8 Å². The Kier molecular flexibility index (Phi) is 5.03. The second kappa shape index (κ2) is 7.10. The molecule has 3 aromatic rings. The van der Waals surface area contributed by atoms with E-state index in [4.69, 9.17) is 11.6 Å². The van der Waals surface area contributed by atoms with Crippen molar-refractivity contribution in [1.29, 1.82) is 0 Å². The largest absolute Gasteiger partial charge is 0.478 e. The van der Waals surface area contributed by atoms with Crippen LogP contribution in [0.25, 0.3) is 5.69 Å². The number of nitrogens with one attached hydrogen (secondary N) is 1. The summed E-state index contributed by atoms with van der Waals surface area (Å²) in [5.41, 5.74) is 0.519. The lowest BCUT2D eigenvalue weighted by Gasteiger charge is -2.14. The van der Waals surface area contributed by atoms with Crippen molar-refractivity contribution in [3.63, 3.8) is 0 Å². The van der Waals surface area contributed by atoms with Gasteiger partial charge >= 0.3 is 5.97 Å². The smallest absolute Gasteiger partial charge is 0.336 e. The molecule has 0 unspecified atom stereocenters. The molecule has 3 rings (SSSR count). The molecule has 0 aliphatic carbocycles. The van der Waals surface area contributed by atoms with Crippen molar-refractivity contribution in [2.75, 3.05) is 4.72 Å². The Morgan fingerprint density at radius 2 is 2.00 bits per heavy atom. The number of aromatic carboxylic acids is 1. The number of benzene rings is 2. The van der Waals surface area contributed by atoms with Gasteiger partial charge in [0.1, 0.15) is 0 Å². The van der Waals surface area contributed by atoms with Crippen molar-refractivity contribution in [3.8, 4) is 5.69 Å². The predicted octanol–water partition coefficient (Wildman–Crippen LogP) is 3.79. The van der Waals surface area contributed by atoms with Gasteiger partial charge in [-0.05, 0) is 58.4 Å². The first-order valence-electron chi connectivity index (χ1n) is 7.13. The highest BCUT2D eigenvalue weighted by molar-refractivity contribution is 9.10. The van der Waals surface area contributed by atoms with E-state index in [-0.39, 0.29) is 20.6 Å². The first kappa shape index (κ1) is 18.4. The molecule has 2 aromatic carbocycles. The maximum Gasteiger partial charge on any atom is 0.336 e. The summed E-state index contributed by atoms with van der Waals surface area (Å²) >= 11 is 9.08. The molecule has 7 nitrogen and oxygen atoms in total. The highest BCUT2D eigenvalue weighted by Gasteiger charge is 2.20. The van der Waals surface area contributed by atoms with Crippen LogP contribution >= 0.6 is 27.5 Å². The number of anilines is 1. The molecular weight excluding hydrogens is 446 g/mol. The van der Waals surface area contributed by atoms with Crippen LogP contribution in [0.3, 0.4) is 0 Å². The molecule has 0 aliphatic heterocycles. The molecule has 0 fully saturated rings. The van der Waals surface area contributed by atoms with Gasteiger partial charge in [-0.15, -0.1) is 0 Å². The Morgan fingerprint density at radius 3 is 2.65 bits per heavy atom. The van der Waals surface area contributed by atoms with Crippen LogP contribution in [-0.2, 0) is 10.0 Å². The third-order valence-electron chi connectivity index (χ3n) is 3.43. The molecule has 0 atom stereocenters. The Labute approximate surface area is 162 Å². The van der Waals surface area contributed by atoms with Crippen molar-refractivity contribution >= 4 is 49.2 Å². The van der Waals surface area contributed by atoms with Crippen LogP contribution in [0, 0.1) is 0 Å². The fraction of sp³-hybridized carbons (Fsp3) is 0. The zero-order chi connectivity index (χ0) is 18.9. The van der Waals surface area contributed by atoms with Gasteiger partial charge in [0, 0.05) is 21.9 Å². The van der Waals surface area contributed by atoms with Gasteiger partial charge in [0.15, 0.2) is 0 Å². The van der Waals surface area contributed by atoms with Crippen LogP contribution in [0.4, 0.5) is 5.69 Å². The molecule has 0 bridgehead atoms. The van der Waals surface area contributed by atoms with Crippen LogP contribution in [0.1, 0.15) is 10.4 Å². The highest BCUT2D eigenvalue weighted by Crippen LogP contribution is 2.28. The van der Waals surface area contributed by atoms with Crippen molar-refractivity contribution < 1.29 is 18.3 Å². The SMILES string of the molecule is O=C(O)c1cc(S(=O)(=O)Nc2cc(Cl)ccc2-n2cccn2)ccc1Br. The van der Waals surface area contributed by atoms with Gasteiger partial charge in [0.2, 0.25) is 0 Å². The van der Waals surface area contributed by atoms with Crippen molar-refractivity contribution in [1.82, 2.24) is 9.78 Å². The molecule has 0 amide bonds. The van der Waals surface area contributed by atoms with Crippen LogP contribution in [0.2, 0.25) is 5.02 Å². The minimum absolute atomic E-state index is 0.161. The molecule has 0 aliphatic rings. The number of carbonyl (C=O) groups is 1. The summed E-state index contributed by atoms with van der Waals surface area (Å²) < 4.78 is 29.7. The summed E-state index contributed by atoms with van der Waals surface area (Å²) in [7, 11) is -4.05. The monoisotopic (exact) mass is 455 g/mol. The molecule has 1 aromatic heterocycles. The summed E-state index contributed by atoms with van der Waals surface area (Å²) in [4.78, 5) is 11.0. The molecule has 2 N–H and O–H groups in total. The van der Waals surface area contributed by atoms with Crippen molar-refractivity contribution in [2.45, 2.75) is 4.90 Å². The lowest BCUT2D eigenvalue weighted by Crippen LogP contribution is -2.15. The molecule has 0 saturated heterocycles. The minimum atomic E-state index is -4.05. The maximum atomic E-state index is 12.7. The quantitative estimate of drug-likeness (QED) is 0.608. The zero-order valence-electron chi connectivity index (χ0n) is 12.9. The van der Waals surface area contributed by atoms with Gasteiger partial charge < -0.3 is 5.11 Å². The predicted molar refractivity (Wildman–Crippen MR) is 100 cm³/mol. The average Bonchev–Trinajstić information content (AvgIpc) is 3.08. The molecule has 10 heteroatoms. The second-order valence-corrected chi connectivity index (χ2v) is 8.14. The first-order valence-corrected chi connectivity index (χ1v) is 9.78. The lowest BCUT2D eigenvalue weighted by molar-refractivity contribution is 0.0695. The van der Waals surface area contributed by atoms with Crippen LogP contribution < -0.4 is 4.72 Å². The van der Waals surface area contributed by atoms with E-state index in [0.717, 1.165) is 6.07 Å². The Balaban J connectivity index is 2.05. The number of carboxylic acids is 1. The number of aromatic nitrogens is 2. The van der Waals surface area contributed by atoms with Gasteiger partial charge in [-0.2, -0.15) is 5.10 Å². The Bertz CT molecular complexity index is 1080. The number of halogens is 2. The summed E-state index contributed by atoms with van der Waals surface area (Å²) in [6.45, 7) is 0.